The van der Waals surface area contributed by atoms with E-state index in [1.807, 2.05) is 0 Å². The van der Waals surface area contributed by atoms with Gasteiger partial charge in [-0.1, -0.05) is 6.07 Å². The molecule has 2 heterocycles. The number of aliphatic hydroxyl groups excluding tert-OH is 1. The SMILES string of the molecule is COc1cccc2c1CC[C@@H]1CC[C@@H](CCO)N21. The van der Waals surface area contributed by atoms with Crippen LogP contribution in [0.15, 0.2) is 18.2 Å². The normalized spacial score (nSPS) is 25.8. The molecule has 1 aromatic carbocycles. The van der Waals surface area contributed by atoms with Crippen LogP contribution in [-0.4, -0.2) is 30.9 Å². The molecule has 1 fully saturated rings. The number of nitrogens with zero attached hydrogens (tertiary/aromatic N) is 1. The van der Waals surface area contributed by atoms with E-state index < -0.39 is 0 Å². The molecule has 3 nitrogen and oxygen atoms in total. The standard InChI is InChI=1S/C15H21NO2/c1-18-15-4-2-3-14-13(15)8-7-11-5-6-12(9-10-17)16(11)14/h2-4,11-12,17H,5-10H2,1H3/t11-,12-/m0/s1. The van der Waals surface area contributed by atoms with E-state index in [4.69, 9.17) is 4.74 Å². The van der Waals surface area contributed by atoms with Crippen LogP contribution in [0.3, 0.4) is 0 Å². The van der Waals surface area contributed by atoms with Crippen molar-refractivity contribution in [2.45, 2.75) is 44.2 Å². The Morgan fingerprint density at radius 1 is 1.33 bits per heavy atom. The average molecular weight is 247 g/mol. The molecule has 3 heteroatoms. The second kappa shape index (κ2) is 4.81. The maximum atomic E-state index is 9.21. The van der Waals surface area contributed by atoms with Crippen molar-refractivity contribution in [2.75, 3.05) is 18.6 Å². The molecule has 2 aliphatic rings. The van der Waals surface area contributed by atoms with Crippen LogP contribution in [-0.2, 0) is 6.42 Å². The van der Waals surface area contributed by atoms with Crippen LogP contribution in [0, 0.1) is 0 Å². The number of hydrogen-bond donors (Lipinski definition) is 1. The van der Waals surface area contributed by atoms with Crippen molar-refractivity contribution in [3.05, 3.63) is 23.8 Å². The predicted molar refractivity (Wildman–Crippen MR) is 72.3 cm³/mol. The van der Waals surface area contributed by atoms with Gasteiger partial charge in [0.1, 0.15) is 5.75 Å². The van der Waals surface area contributed by atoms with Crippen LogP contribution in [0.4, 0.5) is 5.69 Å². The van der Waals surface area contributed by atoms with Crippen molar-refractivity contribution in [1.82, 2.24) is 0 Å². The van der Waals surface area contributed by atoms with E-state index in [1.54, 1.807) is 7.11 Å². The Morgan fingerprint density at radius 2 is 2.22 bits per heavy atom. The van der Waals surface area contributed by atoms with Gasteiger partial charge in [0.25, 0.3) is 0 Å². The largest absolute Gasteiger partial charge is 0.496 e. The number of fused-ring (bicyclic) bond motifs is 3. The third-order valence-electron chi connectivity index (χ3n) is 4.42. The highest BCUT2D eigenvalue weighted by Gasteiger charge is 2.37. The van der Waals surface area contributed by atoms with Gasteiger partial charge in [0, 0.05) is 29.9 Å². The lowest BCUT2D eigenvalue weighted by Crippen LogP contribution is -2.40. The van der Waals surface area contributed by atoms with E-state index in [0.717, 1.165) is 18.6 Å². The molecule has 0 saturated carbocycles. The molecule has 2 aliphatic heterocycles. The first-order chi connectivity index (χ1) is 8.85. The van der Waals surface area contributed by atoms with Gasteiger partial charge < -0.3 is 14.7 Å². The van der Waals surface area contributed by atoms with Gasteiger partial charge in [0.2, 0.25) is 0 Å². The highest BCUT2D eigenvalue weighted by molar-refractivity contribution is 5.63. The number of hydrogen-bond acceptors (Lipinski definition) is 3. The number of ether oxygens (including phenoxy) is 1. The summed E-state index contributed by atoms with van der Waals surface area (Å²) < 4.78 is 5.48. The van der Waals surface area contributed by atoms with Crippen molar-refractivity contribution in [1.29, 1.82) is 0 Å². The van der Waals surface area contributed by atoms with Crippen LogP contribution in [0.2, 0.25) is 0 Å². The molecule has 1 N–H and O–H groups in total. The topological polar surface area (TPSA) is 32.7 Å². The van der Waals surface area contributed by atoms with Gasteiger partial charge in [-0.3, -0.25) is 0 Å². The van der Waals surface area contributed by atoms with Crippen molar-refractivity contribution in [3.8, 4) is 5.75 Å². The van der Waals surface area contributed by atoms with Gasteiger partial charge >= 0.3 is 0 Å². The smallest absolute Gasteiger partial charge is 0.124 e. The molecule has 0 amide bonds. The van der Waals surface area contributed by atoms with Crippen LogP contribution < -0.4 is 9.64 Å². The minimum Gasteiger partial charge on any atom is -0.496 e. The van der Waals surface area contributed by atoms with E-state index in [-0.39, 0.29) is 6.61 Å². The summed E-state index contributed by atoms with van der Waals surface area (Å²) in [6, 6.07) is 7.51. The molecule has 0 unspecified atom stereocenters. The summed E-state index contributed by atoms with van der Waals surface area (Å²) in [4.78, 5) is 2.54. The lowest BCUT2D eigenvalue weighted by atomic mass is 9.95. The summed E-state index contributed by atoms with van der Waals surface area (Å²) in [5.41, 5.74) is 2.68. The molecule has 18 heavy (non-hydrogen) atoms. The van der Waals surface area contributed by atoms with E-state index >= 15 is 0 Å². The molecule has 1 saturated heterocycles. The Bertz CT molecular complexity index is 433. The zero-order valence-electron chi connectivity index (χ0n) is 10.9. The quantitative estimate of drug-likeness (QED) is 0.890. The van der Waals surface area contributed by atoms with Gasteiger partial charge in [-0.05, 0) is 44.2 Å². The number of methoxy groups -OCH3 is 1. The molecule has 0 aromatic heterocycles. The van der Waals surface area contributed by atoms with Crippen molar-refractivity contribution < 1.29 is 9.84 Å². The van der Waals surface area contributed by atoms with Crippen LogP contribution in [0.25, 0.3) is 0 Å². The van der Waals surface area contributed by atoms with Crippen LogP contribution >= 0.6 is 0 Å². The second-order valence-electron chi connectivity index (χ2n) is 5.30. The molecular weight excluding hydrogens is 226 g/mol. The number of aliphatic hydroxyl groups is 1. The monoisotopic (exact) mass is 247 g/mol. The number of rotatable bonds is 3. The zero-order valence-corrected chi connectivity index (χ0v) is 10.9. The van der Waals surface area contributed by atoms with Crippen molar-refractivity contribution >= 4 is 5.69 Å². The van der Waals surface area contributed by atoms with E-state index in [1.165, 1.54) is 30.5 Å². The summed E-state index contributed by atoms with van der Waals surface area (Å²) >= 11 is 0. The molecule has 0 aliphatic carbocycles. The Hall–Kier alpha value is -1.22. The van der Waals surface area contributed by atoms with Gasteiger partial charge in [0.05, 0.1) is 7.11 Å². The first kappa shape index (κ1) is 11.8. The minimum atomic E-state index is 0.285. The van der Waals surface area contributed by atoms with E-state index in [9.17, 15) is 5.11 Å². The Morgan fingerprint density at radius 3 is 3.00 bits per heavy atom. The first-order valence-electron chi connectivity index (χ1n) is 6.90. The predicted octanol–water partition coefficient (Wildman–Crippen LogP) is 2.36. The summed E-state index contributed by atoms with van der Waals surface area (Å²) in [6.45, 7) is 0.285. The lowest BCUT2D eigenvalue weighted by Gasteiger charge is -2.38. The molecule has 0 bridgehead atoms. The summed E-state index contributed by atoms with van der Waals surface area (Å²) in [6.07, 6.45) is 5.69. The third-order valence-corrected chi connectivity index (χ3v) is 4.42. The summed E-state index contributed by atoms with van der Waals surface area (Å²) in [5, 5.41) is 9.21. The van der Waals surface area contributed by atoms with E-state index in [0.29, 0.717) is 12.1 Å². The summed E-state index contributed by atoms with van der Waals surface area (Å²) in [7, 11) is 1.75. The highest BCUT2D eigenvalue weighted by Crippen LogP contribution is 2.43. The minimum absolute atomic E-state index is 0.285. The van der Waals surface area contributed by atoms with Crippen molar-refractivity contribution in [2.24, 2.45) is 0 Å². The molecular formula is C15H21NO2. The fraction of sp³-hybridized carbons (Fsp3) is 0.600. The molecule has 0 spiro atoms. The maximum Gasteiger partial charge on any atom is 0.124 e. The Balaban J connectivity index is 1.98. The molecule has 0 radical (unpaired) electrons. The maximum absolute atomic E-state index is 9.21. The fourth-order valence-corrected chi connectivity index (χ4v) is 3.62. The number of benzene rings is 1. The van der Waals surface area contributed by atoms with E-state index in [2.05, 4.69) is 23.1 Å². The Labute approximate surface area is 108 Å². The first-order valence-corrected chi connectivity index (χ1v) is 6.90. The Kier molecular flexibility index (Phi) is 3.16. The van der Waals surface area contributed by atoms with Crippen LogP contribution in [0.1, 0.15) is 31.2 Å². The van der Waals surface area contributed by atoms with Gasteiger partial charge in [0.15, 0.2) is 0 Å². The molecule has 2 atom stereocenters. The molecule has 1 aromatic rings. The van der Waals surface area contributed by atoms with Gasteiger partial charge in [-0.15, -0.1) is 0 Å². The third kappa shape index (κ3) is 1.77. The van der Waals surface area contributed by atoms with Crippen LogP contribution in [0.5, 0.6) is 5.75 Å². The lowest BCUT2D eigenvalue weighted by molar-refractivity contribution is 0.274. The van der Waals surface area contributed by atoms with Crippen molar-refractivity contribution in [3.63, 3.8) is 0 Å². The number of anilines is 1. The molecule has 3 rings (SSSR count). The second-order valence-corrected chi connectivity index (χ2v) is 5.30. The highest BCUT2D eigenvalue weighted by atomic mass is 16.5. The van der Waals surface area contributed by atoms with Gasteiger partial charge in [-0.25, -0.2) is 0 Å². The fourth-order valence-electron chi connectivity index (χ4n) is 3.62. The summed E-state index contributed by atoms with van der Waals surface area (Å²) in [5.74, 6) is 1.01. The average Bonchev–Trinajstić information content (AvgIpc) is 2.82. The van der Waals surface area contributed by atoms with Gasteiger partial charge in [-0.2, -0.15) is 0 Å². The molecule has 98 valence electrons. The zero-order chi connectivity index (χ0) is 12.5.